The molecule has 0 spiro atoms. The van der Waals surface area contributed by atoms with Crippen molar-refractivity contribution in [1.82, 2.24) is 0 Å². The number of rotatable bonds is 2. The van der Waals surface area contributed by atoms with Gasteiger partial charge in [0.15, 0.2) is 0 Å². The third-order valence-corrected chi connectivity index (χ3v) is 2.07. The first-order valence-electron chi connectivity index (χ1n) is 4.13. The van der Waals surface area contributed by atoms with Gasteiger partial charge in [-0.05, 0) is 25.0 Å². The minimum absolute atomic E-state index is 0.537. The Hall–Kier alpha value is -0.960. The van der Waals surface area contributed by atoms with Gasteiger partial charge in [-0.3, -0.25) is 0 Å². The Morgan fingerprint density at radius 1 is 1.23 bits per heavy atom. The summed E-state index contributed by atoms with van der Waals surface area (Å²) in [5, 5.41) is 0. The van der Waals surface area contributed by atoms with Crippen molar-refractivity contribution >= 4 is 0 Å². The molecule has 0 amide bonds. The highest BCUT2D eigenvalue weighted by Gasteiger charge is 2.18. The van der Waals surface area contributed by atoms with Gasteiger partial charge in [-0.15, -0.1) is 0 Å². The molecule has 0 aliphatic carbocycles. The normalized spacial score (nSPS) is 13.4. The van der Waals surface area contributed by atoms with Crippen LogP contribution in [0.5, 0.6) is 0 Å². The molecular weight excluding hydrogens is 172 g/mol. The zero-order chi connectivity index (χ0) is 10.0. The molecule has 1 aromatic rings. The van der Waals surface area contributed by atoms with E-state index in [-0.39, 0.29) is 0 Å². The molecule has 1 atom stereocenters. The van der Waals surface area contributed by atoms with Crippen molar-refractivity contribution in [2.45, 2.75) is 26.3 Å². The van der Waals surface area contributed by atoms with Crippen molar-refractivity contribution in [3.8, 4) is 0 Å². The molecule has 1 rings (SSSR count). The molecule has 0 saturated carbocycles. The maximum atomic E-state index is 12.3. The fraction of sp³-hybridized carbons (Fsp3) is 0.400. The van der Waals surface area contributed by atoms with Crippen LogP contribution >= 0.6 is 0 Å². The number of halogens is 2. The number of nitrogens with two attached hydrogens (primary N) is 1. The van der Waals surface area contributed by atoms with Crippen LogP contribution in [0.4, 0.5) is 8.78 Å². The van der Waals surface area contributed by atoms with E-state index in [1.165, 1.54) is 0 Å². The zero-order valence-corrected chi connectivity index (χ0v) is 7.72. The van der Waals surface area contributed by atoms with Crippen LogP contribution in [0.25, 0.3) is 0 Å². The second-order valence-corrected chi connectivity index (χ2v) is 3.22. The van der Waals surface area contributed by atoms with Gasteiger partial charge in [0.25, 0.3) is 6.43 Å². The average molecular weight is 185 g/mol. The molecule has 0 unspecified atom stereocenters. The summed E-state index contributed by atoms with van der Waals surface area (Å²) in [6.45, 7) is 3.65. The zero-order valence-electron chi connectivity index (χ0n) is 7.72. The largest absolute Gasteiger partial charge is 0.319 e. The van der Waals surface area contributed by atoms with Gasteiger partial charge in [0.2, 0.25) is 0 Å². The van der Waals surface area contributed by atoms with E-state index in [0.717, 1.165) is 11.1 Å². The van der Waals surface area contributed by atoms with Gasteiger partial charge >= 0.3 is 0 Å². The lowest BCUT2D eigenvalue weighted by atomic mass is 10.00. The van der Waals surface area contributed by atoms with Gasteiger partial charge in [0.05, 0.1) is 6.04 Å². The van der Waals surface area contributed by atoms with Crippen LogP contribution in [0.1, 0.15) is 22.7 Å². The summed E-state index contributed by atoms with van der Waals surface area (Å²) >= 11 is 0. The topological polar surface area (TPSA) is 26.0 Å². The molecular formula is C10H13F2N. The second-order valence-electron chi connectivity index (χ2n) is 3.22. The second kappa shape index (κ2) is 3.83. The van der Waals surface area contributed by atoms with Gasteiger partial charge in [-0.1, -0.05) is 23.8 Å². The third-order valence-electron chi connectivity index (χ3n) is 2.07. The number of hydrogen-bond acceptors (Lipinski definition) is 1. The lowest BCUT2D eigenvalue weighted by molar-refractivity contribution is 0.116. The number of hydrogen-bond donors (Lipinski definition) is 1. The van der Waals surface area contributed by atoms with Gasteiger partial charge in [-0.2, -0.15) is 0 Å². The standard InChI is InChI=1S/C10H13F2N/c1-6-3-4-7(2)8(5-6)9(13)10(11)12/h3-5,9-10H,13H2,1-2H3/t9-/m0/s1. The Labute approximate surface area is 76.6 Å². The maximum absolute atomic E-state index is 12.3. The summed E-state index contributed by atoms with van der Waals surface area (Å²) < 4.78 is 24.6. The van der Waals surface area contributed by atoms with Gasteiger partial charge in [-0.25, -0.2) is 8.78 Å². The molecule has 3 heteroatoms. The summed E-state index contributed by atoms with van der Waals surface area (Å²) in [6, 6.07) is 4.25. The Kier molecular flexibility index (Phi) is 2.98. The van der Waals surface area contributed by atoms with E-state index in [4.69, 9.17) is 5.73 Å². The van der Waals surface area contributed by atoms with Crippen molar-refractivity contribution in [2.75, 3.05) is 0 Å². The summed E-state index contributed by atoms with van der Waals surface area (Å²) in [4.78, 5) is 0. The van der Waals surface area contributed by atoms with Gasteiger partial charge < -0.3 is 5.73 Å². The number of benzene rings is 1. The number of aryl methyl sites for hydroxylation is 2. The van der Waals surface area contributed by atoms with Crippen molar-refractivity contribution in [1.29, 1.82) is 0 Å². The lowest BCUT2D eigenvalue weighted by Gasteiger charge is -2.14. The van der Waals surface area contributed by atoms with Crippen molar-refractivity contribution in [2.24, 2.45) is 5.73 Å². The van der Waals surface area contributed by atoms with Crippen molar-refractivity contribution < 1.29 is 8.78 Å². The lowest BCUT2D eigenvalue weighted by Crippen LogP contribution is -2.20. The van der Waals surface area contributed by atoms with E-state index >= 15 is 0 Å². The van der Waals surface area contributed by atoms with Gasteiger partial charge in [0.1, 0.15) is 0 Å². The first-order valence-corrected chi connectivity index (χ1v) is 4.13. The van der Waals surface area contributed by atoms with E-state index < -0.39 is 12.5 Å². The smallest absolute Gasteiger partial charge is 0.257 e. The van der Waals surface area contributed by atoms with Crippen LogP contribution < -0.4 is 5.73 Å². The minimum Gasteiger partial charge on any atom is -0.319 e. The van der Waals surface area contributed by atoms with Gasteiger partial charge in [0, 0.05) is 0 Å². The van der Waals surface area contributed by atoms with Crippen LogP contribution in [0.15, 0.2) is 18.2 Å². The average Bonchev–Trinajstić information content (AvgIpc) is 2.08. The molecule has 13 heavy (non-hydrogen) atoms. The highest BCUT2D eigenvalue weighted by atomic mass is 19.3. The van der Waals surface area contributed by atoms with Crippen LogP contribution in [0.3, 0.4) is 0 Å². The highest BCUT2D eigenvalue weighted by molar-refractivity contribution is 5.33. The first kappa shape index (κ1) is 10.1. The first-order chi connectivity index (χ1) is 6.02. The summed E-state index contributed by atoms with van der Waals surface area (Å²) in [7, 11) is 0. The van der Waals surface area contributed by atoms with Crippen molar-refractivity contribution in [3.63, 3.8) is 0 Å². The molecule has 0 saturated heterocycles. The maximum Gasteiger partial charge on any atom is 0.257 e. The molecule has 1 aromatic carbocycles. The molecule has 0 fully saturated rings. The van der Waals surface area contributed by atoms with E-state index in [0.29, 0.717) is 5.56 Å². The third kappa shape index (κ3) is 2.25. The predicted molar refractivity (Wildman–Crippen MR) is 48.8 cm³/mol. The SMILES string of the molecule is Cc1ccc(C)c([C@H](N)C(F)F)c1. The van der Waals surface area contributed by atoms with Crippen LogP contribution in [-0.2, 0) is 0 Å². The molecule has 0 bridgehead atoms. The molecule has 0 aromatic heterocycles. The fourth-order valence-corrected chi connectivity index (χ4v) is 1.25. The van der Waals surface area contributed by atoms with Crippen molar-refractivity contribution in [3.05, 3.63) is 34.9 Å². The highest BCUT2D eigenvalue weighted by Crippen LogP contribution is 2.22. The Morgan fingerprint density at radius 2 is 1.85 bits per heavy atom. The molecule has 1 nitrogen and oxygen atoms in total. The van der Waals surface area contributed by atoms with Crippen LogP contribution in [0.2, 0.25) is 0 Å². The molecule has 0 aliphatic rings. The molecule has 2 N–H and O–H groups in total. The van der Waals surface area contributed by atoms with E-state index in [9.17, 15) is 8.78 Å². The number of alkyl halides is 2. The molecule has 0 radical (unpaired) electrons. The minimum atomic E-state index is -2.50. The van der Waals surface area contributed by atoms with E-state index in [1.807, 2.05) is 19.1 Å². The summed E-state index contributed by atoms with van der Waals surface area (Å²) in [5.74, 6) is 0. The Morgan fingerprint density at radius 3 is 2.38 bits per heavy atom. The van der Waals surface area contributed by atoms with Crippen LogP contribution in [-0.4, -0.2) is 6.43 Å². The Balaban J connectivity index is 3.05. The summed E-state index contributed by atoms with van der Waals surface area (Å²) in [6.07, 6.45) is -2.50. The van der Waals surface area contributed by atoms with E-state index in [1.54, 1.807) is 13.0 Å². The molecule has 0 aliphatic heterocycles. The monoisotopic (exact) mass is 185 g/mol. The summed E-state index contributed by atoms with van der Waals surface area (Å²) in [5.41, 5.74) is 7.67. The van der Waals surface area contributed by atoms with Crippen LogP contribution in [0, 0.1) is 13.8 Å². The van der Waals surface area contributed by atoms with E-state index in [2.05, 4.69) is 0 Å². The fourth-order valence-electron chi connectivity index (χ4n) is 1.25. The Bertz CT molecular complexity index is 297. The predicted octanol–water partition coefficient (Wildman–Crippen LogP) is 2.57. The molecule has 0 heterocycles. The molecule has 72 valence electrons. The quantitative estimate of drug-likeness (QED) is 0.752.